The predicted octanol–water partition coefficient (Wildman–Crippen LogP) is 2.55. The van der Waals surface area contributed by atoms with Crippen molar-refractivity contribution in [1.29, 1.82) is 0 Å². The average Bonchev–Trinajstić information content (AvgIpc) is 3.07. The van der Waals surface area contributed by atoms with E-state index in [9.17, 15) is 4.79 Å². The number of fused-ring (bicyclic) bond motifs is 1. The predicted molar refractivity (Wildman–Crippen MR) is 97.0 cm³/mol. The second-order valence-electron chi connectivity index (χ2n) is 6.27. The van der Waals surface area contributed by atoms with Gasteiger partial charge in [-0.1, -0.05) is 23.7 Å². The van der Waals surface area contributed by atoms with Crippen molar-refractivity contribution in [1.82, 2.24) is 24.4 Å². The third-order valence-corrected chi connectivity index (χ3v) is 4.63. The van der Waals surface area contributed by atoms with Crippen LogP contribution >= 0.6 is 11.6 Å². The largest absolute Gasteiger partial charge is 0.458 e. The van der Waals surface area contributed by atoms with Gasteiger partial charge in [0.05, 0.1) is 41.3 Å². The molecule has 1 saturated heterocycles. The Morgan fingerprint density at radius 3 is 2.88 bits per heavy atom. The SMILES string of the molecule is O=C(Cn1cnc2ccccc21)N1CCC[C@H](Oc2ncc(Cl)cn2)C1. The molecule has 0 spiro atoms. The van der Waals surface area contributed by atoms with E-state index < -0.39 is 0 Å². The van der Waals surface area contributed by atoms with Gasteiger partial charge in [-0.05, 0) is 25.0 Å². The summed E-state index contributed by atoms with van der Waals surface area (Å²) in [6.45, 7) is 1.52. The van der Waals surface area contributed by atoms with Crippen LogP contribution in [0.3, 0.4) is 0 Å². The normalized spacial score (nSPS) is 17.4. The van der Waals surface area contributed by atoms with Gasteiger partial charge in [-0.25, -0.2) is 15.0 Å². The Balaban J connectivity index is 1.40. The smallest absolute Gasteiger partial charge is 0.316 e. The molecular formula is C18H18ClN5O2. The monoisotopic (exact) mass is 371 g/mol. The number of carbonyl (C=O) groups is 1. The average molecular weight is 372 g/mol. The molecule has 134 valence electrons. The summed E-state index contributed by atoms with van der Waals surface area (Å²) in [6.07, 6.45) is 6.34. The van der Waals surface area contributed by atoms with E-state index in [0.29, 0.717) is 11.6 Å². The van der Waals surface area contributed by atoms with Gasteiger partial charge in [-0.15, -0.1) is 0 Å². The highest BCUT2D eigenvalue weighted by Crippen LogP contribution is 2.18. The van der Waals surface area contributed by atoms with Crippen LogP contribution in [0.2, 0.25) is 5.02 Å². The first kappa shape index (κ1) is 16.8. The highest BCUT2D eigenvalue weighted by Gasteiger charge is 2.25. The maximum Gasteiger partial charge on any atom is 0.316 e. The number of hydrogen-bond donors (Lipinski definition) is 0. The first-order valence-electron chi connectivity index (χ1n) is 8.51. The molecule has 3 heterocycles. The molecule has 0 aliphatic carbocycles. The summed E-state index contributed by atoms with van der Waals surface area (Å²) in [5, 5.41) is 0.463. The molecule has 0 saturated carbocycles. The van der Waals surface area contributed by atoms with Crippen molar-refractivity contribution in [3.05, 3.63) is 48.0 Å². The molecule has 0 N–H and O–H groups in total. The fraction of sp³-hybridized carbons (Fsp3) is 0.333. The molecule has 7 nitrogen and oxygen atoms in total. The molecule has 26 heavy (non-hydrogen) atoms. The molecule has 4 rings (SSSR count). The molecule has 1 fully saturated rings. The van der Waals surface area contributed by atoms with Crippen molar-refractivity contribution < 1.29 is 9.53 Å². The van der Waals surface area contributed by atoms with Gasteiger partial charge in [0.15, 0.2) is 0 Å². The second-order valence-corrected chi connectivity index (χ2v) is 6.70. The quantitative estimate of drug-likeness (QED) is 0.704. The van der Waals surface area contributed by atoms with Gasteiger partial charge in [-0.3, -0.25) is 4.79 Å². The van der Waals surface area contributed by atoms with Crippen molar-refractivity contribution in [3.8, 4) is 6.01 Å². The van der Waals surface area contributed by atoms with Crippen LogP contribution in [0.4, 0.5) is 0 Å². The topological polar surface area (TPSA) is 73.1 Å². The number of imidazole rings is 1. The lowest BCUT2D eigenvalue weighted by Gasteiger charge is -2.32. The van der Waals surface area contributed by atoms with E-state index in [4.69, 9.17) is 16.3 Å². The Kier molecular flexibility index (Phi) is 4.71. The van der Waals surface area contributed by atoms with E-state index in [1.165, 1.54) is 12.4 Å². The molecule has 1 aromatic carbocycles. The van der Waals surface area contributed by atoms with Crippen LogP contribution in [0.15, 0.2) is 43.0 Å². The van der Waals surface area contributed by atoms with E-state index in [1.54, 1.807) is 6.33 Å². The van der Waals surface area contributed by atoms with Crippen LogP contribution in [0.5, 0.6) is 6.01 Å². The first-order chi connectivity index (χ1) is 12.7. The molecule has 0 bridgehead atoms. The lowest BCUT2D eigenvalue weighted by molar-refractivity contribution is -0.134. The molecule has 1 atom stereocenters. The van der Waals surface area contributed by atoms with E-state index in [2.05, 4.69) is 15.0 Å². The third kappa shape index (κ3) is 3.62. The van der Waals surface area contributed by atoms with Crippen LogP contribution in [0.25, 0.3) is 11.0 Å². The molecule has 1 amide bonds. The first-order valence-corrected chi connectivity index (χ1v) is 8.89. The zero-order chi connectivity index (χ0) is 17.9. The Labute approximate surface area is 155 Å². The van der Waals surface area contributed by atoms with Gasteiger partial charge in [-0.2, -0.15) is 0 Å². The lowest BCUT2D eigenvalue weighted by atomic mass is 10.1. The van der Waals surface area contributed by atoms with Crippen molar-refractivity contribution in [2.75, 3.05) is 13.1 Å². The number of aromatic nitrogens is 4. The van der Waals surface area contributed by atoms with Crippen LogP contribution < -0.4 is 4.74 Å². The minimum atomic E-state index is -0.117. The minimum Gasteiger partial charge on any atom is -0.458 e. The number of likely N-dealkylation sites (tertiary alicyclic amines) is 1. The Bertz CT molecular complexity index is 911. The summed E-state index contributed by atoms with van der Waals surface area (Å²) in [7, 11) is 0. The lowest BCUT2D eigenvalue weighted by Crippen LogP contribution is -2.45. The summed E-state index contributed by atoms with van der Waals surface area (Å²) in [6, 6.07) is 8.08. The molecule has 0 unspecified atom stereocenters. The summed E-state index contributed by atoms with van der Waals surface area (Å²) < 4.78 is 7.68. The number of benzene rings is 1. The highest BCUT2D eigenvalue weighted by atomic mass is 35.5. The maximum atomic E-state index is 12.7. The van der Waals surface area contributed by atoms with Crippen molar-refractivity contribution in [2.24, 2.45) is 0 Å². The van der Waals surface area contributed by atoms with E-state index in [1.807, 2.05) is 33.7 Å². The Hall–Kier alpha value is -2.67. The van der Waals surface area contributed by atoms with Crippen LogP contribution in [0.1, 0.15) is 12.8 Å². The number of amides is 1. The Morgan fingerprint density at radius 1 is 1.23 bits per heavy atom. The van der Waals surface area contributed by atoms with Gasteiger partial charge < -0.3 is 14.2 Å². The van der Waals surface area contributed by atoms with Gasteiger partial charge in [0.25, 0.3) is 0 Å². The maximum absolute atomic E-state index is 12.7. The summed E-state index contributed by atoms with van der Waals surface area (Å²) in [5.41, 5.74) is 1.85. The summed E-state index contributed by atoms with van der Waals surface area (Å²) in [5.74, 6) is 0.0541. The number of para-hydroxylation sites is 2. The molecule has 3 aromatic rings. The second kappa shape index (κ2) is 7.29. The number of halogens is 1. The van der Waals surface area contributed by atoms with Gasteiger partial charge in [0, 0.05) is 6.54 Å². The molecule has 1 aliphatic heterocycles. The number of carbonyl (C=O) groups excluding carboxylic acids is 1. The van der Waals surface area contributed by atoms with E-state index in [0.717, 1.165) is 30.4 Å². The number of ether oxygens (including phenoxy) is 1. The summed E-state index contributed by atoms with van der Waals surface area (Å²) in [4.78, 5) is 27.0. The number of piperidine rings is 1. The number of nitrogens with zero attached hydrogens (tertiary/aromatic N) is 5. The van der Waals surface area contributed by atoms with Crippen LogP contribution in [0, 0.1) is 0 Å². The van der Waals surface area contributed by atoms with E-state index >= 15 is 0 Å². The van der Waals surface area contributed by atoms with Gasteiger partial charge in [0.1, 0.15) is 12.6 Å². The zero-order valence-electron chi connectivity index (χ0n) is 14.1. The zero-order valence-corrected chi connectivity index (χ0v) is 14.8. The minimum absolute atomic E-state index is 0.0541. The molecule has 0 radical (unpaired) electrons. The fourth-order valence-electron chi connectivity index (χ4n) is 3.15. The van der Waals surface area contributed by atoms with E-state index in [-0.39, 0.29) is 24.6 Å². The molecular weight excluding hydrogens is 354 g/mol. The fourth-order valence-corrected chi connectivity index (χ4v) is 3.25. The molecule has 1 aliphatic rings. The summed E-state index contributed by atoms with van der Waals surface area (Å²) >= 11 is 5.79. The Morgan fingerprint density at radius 2 is 2.04 bits per heavy atom. The van der Waals surface area contributed by atoms with Crippen molar-refractivity contribution in [3.63, 3.8) is 0 Å². The van der Waals surface area contributed by atoms with Crippen molar-refractivity contribution in [2.45, 2.75) is 25.5 Å². The van der Waals surface area contributed by atoms with Gasteiger partial charge >= 0.3 is 6.01 Å². The number of hydrogen-bond acceptors (Lipinski definition) is 5. The van der Waals surface area contributed by atoms with Crippen molar-refractivity contribution >= 4 is 28.5 Å². The highest BCUT2D eigenvalue weighted by molar-refractivity contribution is 6.30. The van der Waals surface area contributed by atoms with Crippen LogP contribution in [-0.4, -0.2) is 49.5 Å². The van der Waals surface area contributed by atoms with Gasteiger partial charge in [0.2, 0.25) is 5.91 Å². The third-order valence-electron chi connectivity index (χ3n) is 4.43. The number of rotatable bonds is 4. The van der Waals surface area contributed by atoms with Crippen LogP contribution in [-0.2, 0) is 11.3 Å². The standard InChI is InChI=1S/C18H18ClN5O2/c19-13-8-20-18(21-9-13)26-14-4-3-7-23(10-14)17(25)11-24-12-22-15-5-1-2-6-16(15)24/h1-2,5-6,8-9,12,14H,3-4,7,10-11H2/t14-/m0/s1. The molecule has 2 aromatic heterocycles. The molecule has 8 heteroatoms.